The summed E-state index contributed by atoms with van der Waals surface area (Å²) in [6.45, 7) is 7.76. The third-order valence-corrected chi connectivity index (χ3v) is 3.00. The molecule has 0 aromatic carbocycles. The van der Waals surface area contributed by atoms with Gasteiger partial charge in [-0.15, -0.1) is 0 Å². The van der Waals surface area contributed by atoms with Crippen LogP contribution in [0, 0.1) is 6.92 Å². The van der Waals surface area contributed by atoms with Crippen molar-refractivity contribution in [2.45, 2.75) is 46.6 Å². The van der Waals surface area contributed by atoms with Crippen molar-refractivity contribution in [3.05, 3.63) is 23.2 Å². The maximum absolute atomic E-state index is 12.3. The van der Waals surface area contributed by atoms with Gasteiger partial charge in [0.05, 0.1) is 6.42 Å². The molecule has 106 valence electrons. The predicted molar refractivity (Wildman–Crippen MR) is 71.2 cm³/mol. The van der Waals surface area contributed by atoms with E-state index in [1.165, 1.54) is 4.90 Å². The number of hydrogen-bond acceptors (Lipinski definition) is 3. The molecule has 1 N–H and O–H groups in total. The first-order valence-corrected chi connectivity index (χ1v) is 6.48. The zero-order chi connectivity index (χ0) is 14.6. The fraction of sp³-hybridized carbons (Fsp3) is 0.571. The number of hydrogen-bond donors (Lipinski definition) is 1. The highest BCUT2D eigenvalue weighted by Gasteiger charge is 2.23. The van der Waals surface area contributed by atoms with Crippen molar-refractivity contribution in [1.29, 1.82) is 0 Å². The van der Waals surface area contributed by atoms with Gasteiger partial charge in [0, 0.05) is 19.0 Å². The average molecular weight is 267 g/mol. The van der Waals surface area contributed by atoms with Crippen LogP contribution >= 0.6 is 0 Å². The lowest BCUT2D eigenvalue weighted by Crippen LogP contribution is -2.38. The molecule has 0 aliphatic carbocycles. The fourth-order valence-corrected chi connectivity index (χ4v) is 1.93. The molecule has 5 heteroatoms. The highest BCUT2D eigenvalue weighted by atomic mass is 16.4. The number of carbonyl (C=O) groups excluding carboxylic acids is 1. The Kier molecular flexibility index (Phi) is 5.15. The normalized spacial score (nSPS) is 10.8. The molecular formula is C14H21NO4. The predicted octanol–water partition coefficient (Wildman–Crippen LogP) is 2.48. The van der Waals surface area contributed by atoms with Crippen LogP contribution in [-0.2, 0) is 11.2 Å². The molecule has 1 amide bonds. The van der Waals surface area contributed by atoms with Crippen LogP contribution in [0.4, 0.5) is 0 Å². The molecule has 0 saturated carbocycles. The molecule has 0 radical (unpaired) electrons. The minimum atomic E-state index is -0.914. The molecule has 1 rings (SSSR count). The number of amides is 1. The summed E-state index contributed by atoms with van der Waals surface area (Å²) in [5.74, 6) is -0.0823. The number of furan rings is 1. The van der Waals surface area contributed by atoms with E-state index in [0.717, 1.165) is 17.7 Å². The second-order valence-corrected chi connectivity index (χ2v) is 4.81. The summed E-state index contributed by atoms with van der Waals surface area (Å²) in [7, 11) is 0. The lowest BCUT2D eigenvalue weighted by atomic mass is 10.2. The van der Waals surface area contributed by atoms with Gasteiger partial charge in [0.2, 0.25) is 0 Å². The highest BCUT2D eigenvalue weighted by molar-refractivity contribution is 5.92. The van der Waals surface area contributed by atoms with E-state index < -0.39 is 5.97 Å². The molecule has 0 bridgehead atoms. The molecule has 0 atom stereocenters. The van der Waals surface area contributed by atoms with Crippen molar-refractivity contribution >= 4 is 11.9 Å². The van der Waals surface area contributed by atoms with Gasteiger partial charge in [-0.3, -0.25) is 9.59 Å². The van der Waals surface area contributed by atoms with E-state index in [1.807, 2.05) is 27.7 Å². The van der Waals surface area contributed by atoms with Gasteiger partial charge in [0.25, 0.3) is 5.91 Å². The molecule has 19 heavy (non-hydrogen) atoms. The van der Waals surface area contributed by atoms with Crippen LogP contribution < -0.4 is 0 Å². The molecule has 0 aliphatic rings. The number of aliphatic carboxylic acids is 1. The van der Waals surface area contributed by atoms with Gasteiger partial charge in [-0.25, -0.2) is 0 Å². The molecule has 1 aromatic heterocycles. The lowest BCUT2D eigenvalue weighted by molar-refractivity contribution is -0.137. The molecule has 1 heterocycles. The zero-order valence-electron chi connectivity index (χ0n) is 11.9. The Morgan fingerprint density at radius 2 is 2.05 bits per heavy atom. The Balaban J connectivity index is 2.89. The van der Waals surface area contributed by atoms with Crippen molar-refractivity contribution in [3.63, 3.8) is 0 Å². The van der Waals surface area contributed by atoms with E-state index in [0.29, 0.717) is 0 Å². The van der Waals surface area contributed by atoms with E-state index in [2.05, 4.69) is 0 Å². The van der Waals surface area contributed by atoms with Crippen molar-refractivity contribution in [2.75, 3.05) is 6.54 Å². The summed E-state index contributed by atoms with van der Waals surface area (Å²) in [5.41, 5.74) is 0.952. The van der Waals surface area contributed by atoms with E-state index in [1.54, 1.807) is 6.07 Å². The number of nitrogens with zero attached hydrogens (tertiary/aromatic N) is 1. The molecule has 0 aliphatic heterocycles. The van der Waals surface area contributed by atoms with Crippen LogP contribution in [0.15, 0.2) is 10.5 Å². The molecule has 5 nitrogen and oxygen atoms in total. The summed E-state index contributed by atoms with van der Waals surface area (Å²) in [6, 6.07) is 1.65. The quantitative estimate of drug-likeness (QED) is 0.859. The summed E-state index contributed by atoms with van der Waals surface area (Å²) < 4.78 is 5.52. The molecule has 0 saturated heterocycles. The second-order valence-electron chi connectivity index (χ2n) is 4.81. The van der Waals surface area contributed by atoms with Crippen LogP contribution in [-0.4, -0.2) is 34.5 Å². The van der Waals surface area contributed by atoms with E-state index >= 15 is 0 Å². The standard InChI is InChI=1S/C14H21NO4/c1-5-11-10(4)8-12(19-11)14(18)15(9(2)3)7-6-13(16)17/h8-9H,5-7H2,1-4H3,(H,16,17). The third kappa shape index (κ3) is 3.84. The van der Waals surface area contributed by atoms with Crippen LogP contribution in [0.1, 0.15) is 49.1 Å². The number of carboxylic acid groups (broad SMARTS) is 1. The minimum absolute atomic E-state index is 0.0652. The van der Waals surface area contributed by atoms with E-state index in [9.17, 15) is 9.59 Å². The lowest BCUT2D eigenvalue weighted by Gasteiger charge is -2.25. The molecule has 1 aromatic rings. The van der Waals surface area contributed by atoms with Gasteiger partial charge < -0.3 is 14.4 Å². The summed E-state index contributed by atoms with van der Waals surface area (Å²) >= 11 is 0. The average Bonchev–Trinajstić information content (AvgIpc) is 2.69. The number of carboxylic acids is 1. The van der Waals surface area contributed by atoms with Crippen LogP contribution in [0.3, 0.4) is 0 Å². The van der Waals surface area contributed by atoms with Crippen molar-refractivity contribution in [3.8, 4) is 0 Å². The Bertz CT molecular complexity index is 462. The van der Waals surface area contributed by atoms with E-state index in [4.69, 9.17) is 9.52 Å². The number of carbonyl (C=O) groups is 2. The highest BCUT2D eigenvalue weighted by Crippen LogP contribution is 2.18. The summed E-state index contributed by atoms with van der Waals surface area (Å²) in [4.78, 5) is 24.5. The van der Waals surface area contributed by atoms with Gasteiger partial charge >= 0.3 is 5.97 Å². The number of rotatable bonds is 6. The van der Waals surface area contributed by atoms with Crippen LogP contribution in [0.25, 0.3) is 0 Å². The molecule has 0 fully saturated rings. The third-order valence-electron chi connectivity index (χ3n) is 3.00. The fourth-order valence-electron chi connectivity index (χ4n) is 1.93. The Labute approximate surface area is 113 Å². The minimum Gasteiger partial charge on any atom is -0.481 e. The monoisotopic (exact) mass is 267 g/mol. The number of aryl methyl sites for hydroxylation is 2. The first-order chi connectivity index (χ1) is 8.86. The summed E-state index contributed by atoms with van der Waals surface area (Å²) in [6.07, 6.45) is 0.667. The Morgan fingerprint density at radius 3 is 2.47 bits per heavy atom. The van der Waals surface area contributed by atoms with Crippen molar-refractivity contribution in [2.24, 2.45) is 0 Å². The van der Waals surface area contributed by atoms with E-state index in [-0.39, 0.29) is 30.7 Å². The van der Waals surface area contributed by atoms with Gasteiger partial charge in [-0.05, 0) is 32.4 Å². The summed E-state index contributed by atoms with van der Waals surface area (Å²) in [5, 5.41) is 8.72. The first-order valence-electron chi connectivity index (χ1n) is 6.48. The Hall–Kier alpha value is -1.78. The van der Waals surface area contributed by atoms with Crippen LogP contribution in [0.5, 0.6) is 0 Å². The Morgan fingerprint density at radius 1 is 1.42 bits per heavy atom. The SMILES string of the molecule is CCc1oc(C(=O)N(CCC(=O)O)C(C)C)cc1C. The largest absolute Gasteiger partial charge is 0.481 e. The molecule has 0 unspecified atom stereocenters. The maximum Gasteiger partial charge on any atom is 0.305 e. The van der Waals surface area contributed by atoms with Gasteiger partial charge in [0.15, 0.2) is 5.76 Å². The smallest absolute Gasteiger partial charge is 0.305 e. The molecular weight excluding hydrogens is 246 g/mol. The van der Waals surface area contributed by atoms with Crippen LogP contribution in [0.2, 0.25) is 0 Å². The zero-order valence-corrected chi connectivity index (χ0v) is 11.9. The van der Waals surface area contributed by atoms with Gasteiger partial charge in [-0.2, -0.15) is 0 Å². The van der Waals surface area contributed by atoms with Crippen molar-refractivity contribution < 1.29 is 19.1 Å². The molecule has 0 spiro atoms. The first kappa shape index (κ1) is 15.3. The van der Waals surface area contributed by atoms with Gasteiger partial charge in [0.1, 0.15) is 5.76 Å². The topological polar surface area (TPSA) is 70.8 Å². The maximum atomic E-state index is 12.3. The van der Waals surface area contributed by atoms with Crippen molar-refractivity contribution in [1.82, 2.24) is 4.90 Å². The second kappa shape index (κ2) is 6.41. The van der Waals surface area contributed by atoms with Gasteiger partial charge in [-0.1, -0.05) is 6.92 Å².